The third-order valence-electron chi connectivity index (χ3n) is 25.0. The summed E-state index contributed by atoms with van der Waals surface area (Å²) in [5.41, 5.74) is 37.1. The summed E-state index contributed by atoms with van der Waals surface area (Å²) in [7, 11) is 0. The molecule has 0 atom stereocenters. The highest BCUT2D eigenvalue weighted by Crippen LogP contribution is 2.54. The molecule has 2 saturated heterocycles. The summed E-state index contributed by atoms with van der Waals surface area (Å²) >= 11 is 0. The molecule has 0 unspecified atom stereocenters. The van der Waals surface area contributed by atoms with E-state index in [1.807, 2.05) is 0 Å². The number of aromatic nitrogens is 2. The Bertz CT molecular complexity index is 6440. The lowest BCUT2D eigenvalue weighted by Gasteiger charge is -2.28. The molecule has 116 heavy (non-hydrogen) atoms. The van der Waals surface area contributed by atoms with Gasteiger partial charge in [-0.1, -0.05) is 246 Å². The highest BCUT2D eigenvalue weighted by molar-refractivity contribution is 6.14. The Morgan fingerprint density at radius 1 is 0.233 bits per heavy atom. The van der Waals surface area contributed by atoms with Gasteiger partial charge in [0, 0.05) is 89.0 Å². The Morgan fingerprint density at radius 2 is 0.483 bits per heavy atom. The SMILES string of the molecule is CC1(C)c2ccccc2-c2ccc(N(c3ccc(-c4ccc(C5OCCO5)cc4)cc3)c3ccc(-c4ccc5c(c4)c4cc(-c6ccc7c(c6)c6cc(-c8ccc(N(c9ccc(-c%10ccc(C%11OCCO%11)cc%10)cc9)c9ccc%10c(c9)C(C)(C)c9ccccc9-%10)cc8)ccc6n7-c6ccccc6)ccc4n5-c4ccccc4)cc3)cc21. The minimum atomic E-state index is -0.307. The normalized spacial score (nSPS) is 14.7. The Balaban J connectivity index is 0.615. The lowest BCUT2D eigenvalue weighted by molar-refractivity contribution is -0.0443. The third-order valence-corrected chi connectivity index (χ3v) is 25.0. The van der Waals surface area contributed by atoms with Crippen LogP contribution in [0.1, 0.15) is 73.7 Å². The number of rotatable bonds is 15. The van der Waals surface area contributed by atoms with Gasteiger partial charge in [-0.2, -0.15) is 0 Å². The molecule has 0 spiro atoms. The van der Waals surface area contributed by atoms with Crippen molar-refractivity contribution in [1.29, 1.82) is 0 Å². The van der Waals surface area contributed by atoms with Gasteiger partial charge in [0.25, 0.3) is 0 Å². The van der Waals surface area contributed by atoms with Gasteiger partial charge in [-0.05, 0) is 246 Å². The van der Waals surface area contributed by atoms with Crippen LogP contribution in [0.4, 0.5) is 34.1 Å². The summed E-state index contributed by atoms with van der Waals surface area (Å²) in [5.74, 6) is 0. The van der Waals surface area contributed by atoms with Crippen LogP contribution >= 0.6 is 0 Å². The van der Waals surface area contributed by atoms with Crippen LogP contribution in [0.5, 0.6) is 0 Å². The zero-order valence-corrected chi connectivity index (χ0v) is 65.0. The van der Waals surface area contributed by atoms with Crippen molar-refractivity contribution in [2.24, 2.45) is 0 Å². The van der Waals surface area contributed by atoms with E-state index in [0.717, 1.165) is 134 Å². The first kappa shape index (κ1) is 69.3. The predicted molar refractivity (Wildman–Crippen MR) is 476 cm³/mol. The zero-order valence-electron chi connectivity index (χ0n) is 65.0. The van der Waals surface area contributed by atoms with Crippen LogP contribution in [-0.4, -0.2) is 35.6 Å². The molecule has 8 nitrogen and oxygen atoms in total. The van der Waals surface area contributed by atoms with E-state index in [4.69, 9.17) is 18.9 Å². The summed E-state index contributed by atoms with van der Waals surface area (Å²) in [6, 6.07) is 135. The minimum Gasteiger partial charge on any atom is -0.346 e. The van der Waals surface area contributed by atoms with E-state index in [1.165, 1.54) is 66.1 Å². The first-order valence-corrected chi connectivity index (χ1v) is 40.4. The Kier molecular flexibility index (Phi) is 16.5. The van der Waals surface area contributed by atoms with Crippen molar-refractivity contribution in [3.63, 3.8) is 0 Å². The molecule has 22 rings (SSSR count). The highest BCUT2D eigenvalue weighted by Gasteiger charge is 2.38. The average Bonchev–Trinajstić information content (AvgIpc) is 1.62. The van der Waals surface area contributed by atoms with Gasteiger partial charge >= 0.3 is 0 Å². The van der Waals surface area contributed by atoms with Gasteiger partial charge in [-0.3, -0.25) is 0 Å². The van der Waals surface area contributed by atoms with Crippen molar-refractivity contribution in [3.05, 3.63) is 397 Å². The fourth-order valence-electron chi connectivity index (χ4n) is 19.0. The molecule has 558 valence electrons. The quantitative estimate of drug-likeness (QED) is 0.102. The monoisotopic (exact) mass is 1500 g/mol. The summed E-state index contributed by atoms with van der Waals surface area (Å²) in [4.78, 5) is 4.82. The van der Waals surface area contributed by atoms with Crippen LogP contribution in [0.25, 0.3) is 133 Å². The number of hydrogen-bond acceptors (Lipinski definition) is 6. The van der Waals surface area contributed by atoms with Gasteiger partial charge < -0.3 is 37.9 Å². The van der Waals surface area contributed by atoms with Crippen molar-refractivity contribution < 1.29 is 18.9 Å². The molecular weight excluding hydrogens is 1420 g/mol. The maximum absolute atomic E-state index is 5.82. The summed E-state index contributed by atoms with van der Waals surface area (Å²) in [5, 5.41) is 4.76. The van der Waals surface area contributed by atoms with Crippen molar-refractivity contribution in [2.45, 2.75) is 51.1 Å². The summed E-state index contributed by atoms with van der Waals surface area (Å²) in [6.07, 6.45) is -0.614. The fraction of sp³-hybridized carbons (Fsp3) is 0.111. The molecule has 0 amide bonds. The second-order valence-electron chi connectivity index (χ2n) is 32.3. The molecule has 4 aliphatic rings. The molecule has 4 heterocycles. The molecule has 0 radical (unpaired) electrons. The van der Waals surface area contributed by atoms with Gasteiger partial charge in [0.1, 0.15) is 0 Å². The number of nitrogens with zero attached hydrogens (tertiary/aromatic N) is 4. The van der Waals surface area contributed by atoms with E-state index < -0.39 is 0 Å². The number of hydrogen-bond donors (Lipinski definition) is 0. The zero-order chi connectivity index (χ0) is 77.3. The molecule has 0 saturated carbocycles. The smallest absolute Gasteiger partial charge is 0.184 e. The van der Waals surface area contributed by atoms with E-state index in [9.17, 15) is 0 Å². The Morgan fingerprint density at radius 3 is 0.802 bits per heavy atom. The maximum atomic E-state index is 5.82. The average molecular weight is 1500 g/mol. The molecular formula is C108H82N4O4. The molecule has 2 aliphatic heterocycles. The first-order chi connectivity index (χ1) is 57.0. The second kappa shape index (κ2) is 27.7. The minimum absolute atomic E-state index is 0.165. The molecule has 16 aromatic carbocycles. The van der Waals surface area contributed by atoms with E-state index in [0.29, 0.717) is 26.4 Å². The molecule has 2 fully saturated rings. The van der Waals surface area contributed by atoms with Crippen molar-refractivity contribution >= 4 is 77.7 Å². The van der Waals surface area contributed by atoms with Crippen LogP contribution in [0.3, 0.4) is 0 Å². The third kappa shape index (κ3) is 11.6. The summed E-state index contributed by atoms with van der Waals surface area (Å²) in [6.45, 7) is 11.9. The summed E-state index contributed by atoms with van der Waals surface area (Å²) < 4.78 is 28.1. The number of anilines is 6. The molecule has 0 N–H and O–H groups in total. The van der Waals surface area contributed by atoms with Gasteiger partial charge in [0.15, 0.2) is 12.6 Å². The van der Waals surface area contributed by atoms with E-state index >= 15 is 0 Å². The largest absolute Gasteiger partial charge is 0.346 e. The molecule has 2 aromatic heterocycles. The Hall–Kier alpha value is -13.4. The predicted octanol–water partition coefficient (Wildman–Crippen LogP) is 27.9. The number of fused-ring (bicyclic) bond motifs is 12. The van der Waals surface area contributed by atoms with Crippen LogP contribution < -0.4 is 9.80 Å². The van der Waals surface area contributed by atoms with Crippen LogP contribution in [0, 0.1) is 0 Å². The fourth-order valence-corrected chi connectivity index (χ4v) is 19.0. The Labute approximate surface area is 675 Å². The maximum Gasteiger partial charge on any atom is 0.184 e. The van der Waals surface area contributed by atoms with Gasteiger partial charge in [0.2, 0.25) is 0 Å². The number of benzene rings is 16. The van der Waals surface area contributed by atoms with Crippen molar-refractivity contribution in [2.75, 3.05) is 36.2 Å². The van der Waals surface area contributed by atoms with Crippen LogP contribution in [0.15, 0.2) is 364 Å². The van der Waals surface area contributed by atoms with Gasteiger partial charge in [-0.25, -0.2) is 0 Å². The molecule has 0 bridgehead atoms. The van der Waals surface area contributed by atoms with Gasteiger partial charge in [-0.15, -0.1) is 0 Å². The standard InChI is InChI=1S/C108H82N4O4/c1-107(2)97-21-13-11-19-89(97)91-53-51-87(67-99(91)107)109(83-43-31-71(32-44-83)69-23-27-75(28-24-69)105-113-59-60-114-105)85-47-35-73(36-48-85)77-39-55-101-93(63-77)95-65-79(41-57-103(95)111(101)81-15-7-5-8-16-81)80-42-58-104-96(66-80)94-64-78(40-56-102(94)112(104)82-17-9-6-10-18-82)74-37-49-86(50-38-74)110(88-52-54-92-90-20-12-14-22-98(90)108(3,4)100(92)68-88)84-45-33-72(34-46-84)70-25-29-76(30-26-70)106-115-61-62-116-106/h5-58,63-68,105-106H,59-62H2,1-4H3. The highest BCUT2D eigenvalue weighted by atomic mass is 16.7. The topological polar surface area (TPSA) is 53.3 Å². The van der Waals surface area contributed by atoms with Crippen molar-refractivity contribution in [1.82, 2.24) is 9.13 Å². The van der Waals surface area contributed by atoms with E-state index in [-0.39, 0.29) is 23.4 Å². The first-order valence-electron chi connectivity index (χ1n) is 40.4. The molecule has 18 aromatic rings. The van der Waals surface area contributed by atoms with Crippen molar-refractivity contribution in [3.8, 4) is 89.3 Å². The lowest BCUT2D eigenvalue weighted by atomic mass is 9.82. The molecule has 2 aliphatic carbocycles. The second-order valence-corrected chi connectivity index (χ2v) is 32.3. The number of ether oxygens (including phenoxy) is 4. The van der Waals surface area contributed by atoms with E-state index in [2.05, 4.69) is 411 Å². The molecule has 8 heteroatoms. The van der Waals surface area contributed by atoms with E-state index in [1.54, 1.807) is 0 Å². The van der Waals surface area contributed by atoms with Crippen LogP contribution in [-0.2, 0) is 29.8 Å². The van der Waals surface area contributed by atoms with Gasteiger partial charge in [0.05, 0.1) is 48.5 Å². The number of para-hydroxylation sites is 2. The lowest BCUT2D eigenvalue weighted by Crippen LogP contribution is -2.16. The van der Waals surface area contributed by atoms with Crippen LogP contribution in [0.2, 0.25) is 0 Å².